The van der Waals surface area contributed by atoms with Gasteiger partial charge in [-0.1, -0.05) is 0 Å². The molecule has 1 saturated heterocycles. The van der Waals surface area contributed by atoms with Crippen LogP contribution in [0, 0.1) is 11.3 Å². The molecule has 0 saturated carbocycles. The summed E-state index contributed by atoms with van der Waals surface area (Å²) in [5.41, 5.74) is 0.966. The minimum absolute atomic E-state index is 0.161. The maximum atomic E-state index is 12.4. The summed E-state index contributed by atoms with van der Waals surface area (Å²) in [4.78, 5) is 32.8. The van der Waals surface area contributed by atoms with Gasteiger partial charge in [0.15, 0.2) is 0 Å². The first-order valence-electron chi connectivity index (χ1n) is 8.98. The van der Waals surface area contributed by atoms with Crippen LogP contribution in [0.5, 0.6) is 0 Å². The Labute approximate surface area is 167 Å². The molecule has 1 N–H and O–H groups in total. The lowest BCUT2D eigenvalue weighted by Crippen LogP contribution is -2.49. The van der Waals surface area contributed by atoms with Crippen molar-refractivity contribution in [1.29, 1.82) is 5.26 Å². The number of anilines is 2. The van der Waals surface area contributed by atoms with Crippen molar-refractivity contribution in [2.24, 2.45) is 0 Å². The molecule has 0 radical (unpaired) electrons. The van der Waals surface area contributed by atoms with E-state index in [0.717, 1.165) is 18.9 Å². The van der Waals surface area contributed by atoms with Crippen LogP contribution in [-0.2, 0) is 9.53 Å². The number of pyridine rings is 1. The minimum Gasteiger partial charge on any atom is -0.462 e. The third-order valence-corrected chi connectivity index (χ3v) is 5.18. The van der Waals surface area contributed by atoms with Crippen molar-refractivity contribution in [3.63, 3.8) is 0 Å². The highest BCUT2D eigenvalue weighted by Crippen LogP contribution is 2.24. The second-order valence-corrected chi connectivity index (χ2v) is 7.13. The van der Waals surface area contributed by atoms with Gasteiger partial charge < -0.3 is 15.0 Å². The van der Waals surface area contributed by atoms with Crippen molar-refractivity contribution in [3.8, 4) is 6.07 Å². The van der Waals surface area contributed by atoms with Gasteiger partial charge in [-0.25, -0.2) is 9.78 Å². The number of piperazine rings is 1. The molecule has 8 nitrogen and oxygen atoms in total. The number of amides is 1. The van der Waals surface area contributed by atoms with Crippen LogP contribution in [0.2, 0.25) is 0 Å². The van der Waals surface area contributed by atoms with Gasteiger partial charge in [0.2, 0.25) is 5.91 Å². The fourth-order valence-corrected chi connectivity index (χ4v) is 3.73. The number of nitrogens with one attached hydrogen (secondary N) is 1. The van der Waals surface area contributed by atoms with E-state index >= 15 is 0 Å². The van der Waals surface area contributed by atoms with Crippen molar-refractivity contribution in [1.82, 2.24) is 9.88 Å². The largest absolute Gasteiger partial charge is 0.462 e. The predicted molar refractivity (Wildman–Crippen MR) is 107 cm³/mol. The van der Waals surface area contributed by atoms with Crippen LogP contribution in [0.1, 0.15) is 22.8 Å². The zero-order valence-corrected chi connectivity index (χ0v) is 16.4. The van der Waals surface area contributed by atoms with Crippen LogP contribution < -0.4 is 10.2 Å². The number of aromatic nitrogens is 1. The molecule has 0 aliphatic carbocycles. The van der Waals surface area contributed by atoms with Gasteiger partial charge in [0, 0.05) is 32.4 Å². The summed E-state index contributed by atoms with van der Waals surface area (Å²) < 4.78 is 5.00. The third-order valence-electron chi connectivity index (χ3n) is 4.35. The molecule has 28 heavy (non-hydrogen) atoms. The monoisotopic (exact) mass is 399 g/mol. The molecule has 146 valence electrons. The van der Waals surface area contributed by atoms with Crippen molar-refractivity contribution in [3.05, 3.63) is 40.9 Å². The van der Waals surface area contributed by atoms with E-state index in [1.807, 2.05) is 0 Å². The number of thiophene rings is 1. The highest BCUT2D eigenvalue weighted by Gasteiger charge is 2.21. The third kappa shape index (κ3) is 4.85. The van der Waals surface area contributed by atoms with Crippen molar-refractivity contribution < 1.29 is 14.3 Å². The lowest BCUT2D eigenvalue weighted by Gasteiger charge is -2.35. The number of rotatable bonds is 6. The molecule has 0 unspecified atom stereocenters. The Morgan fingerprint density at radius 1 is 1.32 bits per heavy atom. The Morgan fingerprint density at radius 2 is 2.11 bits per heavy atom. The number of hydrogen-bond donors (Lipinski definition) is 1. The fraction of sp³-hybridized carbons (Fsp3) is 0.368. The molecule has 0 bridgehead atoms. The van der Waals surface area contributed by atoms with Crippen molar-refractivity contribution in [2.75, 3.05) is 49.5 Å². The van der Waals surface area contributed by atoms with E-state index in [9.17, 15) is 9.59 Å². The van der Waals surface area contributed by atoms with Gasteiger partial charge in [0.1, 0.15) is 10.8 Å². The predicted octanol–water partition coefficient (Wildman–Crippen LogP) is 1.95. The van der Waals surface area contributed by atoms with Crippen LogP contribution in [0.3, 0.4) is 0 Å². The van der Waals surface area contributed by atoms with E-state index in [0.29, 0.717) is 35.8 Å². The van der Waals surface area contributed by atoms with E-state index < -0.39 is 5.97 Å². The number of esters is 1. The summed E-state index contributed by atoms with van der Waals surface area (Å²) in [5.74, 6) is 0.187. The SMILES string of the molecule is CCOC(=O)c1ccsc1NC(=O)CN1CCN(c2cc(C#N)ccn2)CC1. The van der Waals surface area contributed by atoms with Crippen molar-refractivity contribution in [2.45, 2.75) is 6.92 Å². The number of nitrogens with zero attached hydrogens (tertiary/aromatic N) is 4. The zero-order valence-electron chi connectivity index (χ0n) is 15.6. The molecule has 2 aromatic heterocycles. The van der Waals surface area contributed by atoms with E-state index in [2.05, 4.69) is 26.2 Å². The van der Waals surface area contributed by atoms with Crippen LogP contribution in [0.15, 0.2) is 29.8 Å². The highest BCUT2D eigenvalue weighted by molar-refractivity contribution is 7.14. The second kappa shape index (κ2) is 9.30. The highest BCUT2D eigenvalue weighted by atomic mass is 32.1. The second-order valence-electron chi connectivity index (χ2n) is 6.21. The molecule has 1 fully saturated rings. The summed E-state index contributed by atoms with van der Waals surface area (Å²) in [6.07, 6.45) is 1.63. The Kier molecular flexibility index (Phi) is 6.57. The Balaban J connectivity index is 1.51. The van der Waals surface area contributed by atoms with Gasteiger partial charge in [0.25, 0.3) is 0 Å². The topological polar surface area (TPSA) is 98.6 Å². The average molecular weight is 399 g/mol. The Bertz CT molecular complexity index is 884. The maximum absolute atomic E-state index is 12.4. The van der Waals surface area contributed by atoms with Gasteiger partial charge >= 0.3 is 5.97 Å². The summed E-state index contributed by atoms with van der Waals surface area (Å²) in [5, 5.41) is 14.1. The van der Waals surface area contributed by atoms with Gasteiger partial charge in [-0.05, 0) is 30.5 Å². The fourth-order valence-electron chi connectivity index (χ4n) is 2.94. The molecule has 9 heteroatoms. The van der Waals surface area contributed by atoms with Gasteiger partial charge in [-0.3, -0.25) is 9.69 Å². The van der Waals surface area contributed by atoms with E-state index in [1.165, 1.54) is 11.3 Å². The first-order chi connectivity index (χ1) is 13.6. The van der Waals surface area contributed by atoms with Gasteiger partial charge in [-0.2, -0.15) is 5.26 Å². The molecule has 1 aliphatic heterocycles. The number of hydrogen-bond acceptors (Lipinski definition) is 8. The Hall–Kier alpha value is -2.96. The summed E-state index contributed by atoms with van der Waals surface area (Å²) in [6, 6.07) is 7.23. The van der Waals surface area contributed by atoms with E-state index in [-0.39, 0.29) is 12.5 Å². The van der Waals surface area contributed by atoms with E-state index in [1.54, 1.807) is 36.7 Å². The van der Waals surface area contributed by atoms with Crippen LogP contribution in [0.4, 0.5) is 10.8 Å². The lowest BCUT2D eigenvalue weighted by atomic mass is 10.2. The number of carbonyl (C=O) groups is 2. The van der Waals surface area contributed by atoms with Gasteiger partial charge in [-0.15, -0.1) is 11.3 Å². The summed E-state index contributed by atoms with van der Waals surface area (Å²) in [6.45, 7) is 5.15. The summed E-state index contributed by atoms with van der Waals surface area (Å²) >= 11 is 1.30. The molecular weight excluding hydrogens is 378 g/mol. The van der Waals surface area contributed by atoms with Crippen LogP contribution in [-0.4, -0.2) is 61.1 Å². The zero-order chi connectivity index (χ0) is 19.9. The standard InChI is InChI=1S/C19H21N5O3S/c1-2-27-19(26)15-4-10-28-18(15)22-17(25)13-23-6-8-24(9-7-23)16-11-14(12-20)3-5-21-16/h3-5,10-11H,2,6-9,13H2,1H3,(H,22,25). The smallest absolute Gasteiger partial charge is 0.341 e. The Morgan fingerprint density at radius 3 is 2.82 bits per heavy atom. The molecular formula is C19H21N5O3S. The average Bonchev–Trinajstić information content (AvgIpc) is 3.17. The van der Waals surface area contributed by atoms with Crippen molar-refractivity contribution >= 4 is 34.0 Å². The van der Waals surface area contributed by atoms with Gasteiger partial charge in [0.05, 0.1) is 30.3 Å². The molecule has 1 aliphatic rings. The molecule has 0 atom stereocenters. The first-order valence-corrected chi connectivity index (χ1v) is 9.86. The van der Waals surface area contributed by atoms with Crippen LogP contribution in [0.25, 0.3) is 0 Å². The summed E-state index contributed by atoms with van der Waals surface area (Å²) in [7, 11) is 0. The minimum atomic E-state index is -0.431. The molecule has 3 heterocycles. The number of nitriles is 1. The quantitative estimate of drug-likeness (QED) is 0.741. The first kappa shape index (κ1) is 19.8. The molecule has 0 aromatic carbocycles. The number of ether oxygens (including phenoxy) is 1. The molecule has 3 rings (SSSR count). The molecule has 1 amide bonds. The molecule has 0 spiro atoms. The van der Waals surface area contributed by atoms with E-state index in [4.69, 9.17) is 10.00 Å². The number of carbonyl (C=O) groups excluding carboxylic acids is 2. The lowest BCUT2D eigenvalue weighted by molar-refractivity contribution is -0.117. The molecule has 2 aromatic rings. The maximum Gasteiger partial charge on any atom is 0.341 e. The van der Waals surface area contributed by atoms with Crippen LogP contribution >= 0.6 is 11.3 Å². The normalized spacial score (nSPS) is 14.4.